The lowest BCUT2D eigenvalue weighted by Gasteiger charge is -2.00. The first kappa shape index (κ1) is 10.4. The monoisotopic (exact) mass is 200 g/mol. The third-order valence-electron chi connectivity index (χ3n) is 1.62. The molecule has 0 aliphatic heterocycles. The molecule has 0 radical (unpaired) electrons. The summed E-state index contributed by atoms with van der Waals surface area (Å²) in [7, 11) is 0. The highest BCUT2D eigenvalue weighted by Crippen LogP contribution is 2.08. The molecule has 0 amide bonds. The van der Waals surface area contributed by atoms with Crippen LogP contribution in [0.1, 0.15) is 13.3 Å². The van der Waals surface area contributed by atoms with Crippen molar-refractivity contribution < 1.29 is 4.74 Å². The summed E-state index contributed by atoms with van der Waals surface area (Å²) < 4.78 is 7.38. The zero-order chi connectivity index (χ0) is 9.52. The van der Waals surface area contributed by atoms with E-state index in [1.165, 1.54) is 0 Å². The molecule has 0 aliphatic rings. The average Bonchev–Trinajstić information content (AvgIpc) is 2.54. The average molecular weight is 200 g/mol. The Morgan fingerprint density at radius 1 is 1.62 bits per heavy atom. The fourth-order valence-corrected chi connectivity index (χ4v) is 1.26. The van der Waals surface area contributed by atoms with E-state index in [-0.39, 0.29) is 0 Å². The molecule has 0 unspecified atom stereocenters. The fraction of sp³-hybridized carbons (Fsp3) is 0.667. The maximum Gasteiger partial charge on any atom is 0.157 e. The van der Waals surface area contributed by atoms with Crippen molar-refractivity contribution in [1.82, 2.24) is 9.78 Å². The van der Waals surface area contributed by atoms with E-state index in [0.29, 0.717) is 0 Å². The Balaban J connectivity index is 2.31. The molecular formula is C9H16N2OS. The smallest absolute Gasteiger partial charge is 0.157 e. The van der Waals surface area contributed by atoms with Crippen molar-refractivity contribution in [2.75, 3.05) is 18.6 Å². The number of thioether (sulfide) groups is 1. The van der Waals surface area contributed by atoms with Gasteiger partial charge in [-0.25, -0.2) is 0 Å². The van der Waals surface area contributed by atoms with Gasteiger partial charge in [0.2, 0.25) is 0 Å². The van der Waals surface area contributed by atoms with E-state index >= 15 is 0 Å². The molecule has 0 saturated heterocycles. The van der Waals surface area contributed by atoms with Crippen molar-refractivity contribution in [1.29, 1.82) is 0 Å². The highest BCUT2D eigenvalue weighted by Gasteiger charge is 1.97. The normalized spacial score (nSPS) is 10.3. The molecule has 1 aromatic heterocycles. The SMILES string of the molecule is CCCn1cc(OCCSC)cn1. The summed E-state index contributed by atoms with van der Waals surface area (Å²) in [6.07, 6.45) is 6.90. The quantitative estimate of drug-likeness (QED) is 0.657. The van der Waals surface area contributed by atoms with Crippen molar-refractivity contribution >= 4 is 11.8 Å². The molecule has 13 heavy (non-hydrogen) atoms. The molecule has 0 saturated carbocycles. The molecule has 0 fully saturated rings. The Kier molecular flexibility index (Phi) is 4.75. The summed E-state index contributed by atoms with van der Waals surface area (Å²) in [6.45, 7) is 3.86. The van der Waals surface area contributed by atoms with E-state index in [2.05, 4.69) is 18.3 Å². The van der Waals surface area contributed by atoms with Crippen LogP contribution < -0.4 is 4.74 Å². The Morgan fingerprint density at radius 2 is 2.46 bits per heavy atom. The van der Waals surface area contributed by atoms with Gasteiger partial charge in [-0.05, 0) is 12.7 Å². The largest absolute Gasteiger partial charge is 0.489 e. The number of aromatic nitrogens is 2. The van der Waals surface area contributed by atoms with Gasteiger partial charge in [0.15, 0.2) is 5.75 Å². The molecule has 1 rings (SSSR count). The molecule has 3 nitrogen and oxygen atoms in total. The lowest BCUT2D eigenvalue weighted by atomic mass is 10.5. The van der Waals surface area contributed by atoms with E-state index in [4.69, 9.17) is 4.74 Å². The van der Waals surface area contributed by atoms with Crippen LogP contribution in [-0.4, -0.2) is 28.4 Å². The van der Waals surface area contributed by atoms with Crippen LogP contribution in [0.15, 0.2) is 12.4 Å². The number of nitrogens with zero attached hydrogens (tertiary/aromatic N) is 2. The number of hydrogen-bond donors (Lipinski definition) is 0. The van der Waals surface area contributed by atoms with Gasteiger partial charge < -0.3 is 4.74 Å². The molecule has 4 heteroatoms. The van der Waals surface area contributed by atoms with Gasteiger partial charge in [0.1, 0.15) is 0 Å². The maximum absolute atomic E-state index is 5.47. The van der Waals surface area contributed by atoms with Crippen molar-refractivity contribution in [3.8, 4) is 5.75 Å². The second kappa shape index (κ2) is 5.91. The van der Waals surface area contributed by atoms with Crippen LogP contribution in [0.4, 0.5) is 0 Å². The Labute approximate surface area is 83.5 Å². The van der Waals surface area contributed by atoms with Crippen molar-refractivity contribution in [3.05, 3.63) is 12.4 Å². The molecular weight excluding hydrogens is 184 g/mol. The van der Waals surface area contributed by atoms with E-state index in [1.54, 1.807) is 18.0 Å². The van der Waals surface area contributed by atoms with Crippen LogP contribution in [0.5, 0.6) is 5.75 Å². The second-order valence-electron chi connectivity index (χ2n) is 2.78. The fourth-order valence-electron chi connectivity index (χ4n) is 1.01. The zero-order valence-electron chi connectivity index (χ0n) is 8.19. The molecule has 1 aromatic rings. The van der Waals surface area contributed by atoms with Gasteiger partial charge in [0.25, 0.3) is 0 Å². The van der Waals surface area contributed by atoms with Crippen LogP contribution in [-0.2, 0) is 6.54 Å². The second-order valence-corrected chi connectivity index (χ2v) is 3.77. The molecule has 0 N–H and O–H groups in total. The molecule has 0 aliphatic carbocycles. The van der Waals surface area contributed by atoms with E-state index < -0.39 is 0 Å². The summed E-state index contributed by atoms with van der Waals surface area (Å²) in [5, 5.41) is 4.17. The van der Waals surface area contributed by atoms with Crippen molar-refractivity contribution in [2.45, 2.75) is 19.9 Å². The van der Waals surface area contributed by atoms with E-state index in [1.807, 2.05) is 10.9 Å². The number of aryl methyl sites for hydroxylation is 1. The minimum atomic E-state index is 0.763. The lowest BCUT2D eigenvalue weighted by molar-refractivity contribution is 0.343. The van der Waals surface area contributed by atoms with Crippen molar-refractivity contribution in [2.24, 2.45) is 0 Å². The topological polar surface area (TPSA) is 27.1 Å². The molecule has 0 bridgehead atoms. The lowest BCUT2D eigenvalue weighted by Crippen LogP contribution is -1.99. The van der Waals surface area contributed by atoms with Gasteiger partial charge in [-0.2, -0.15) is 16.9 Å². The van der Waals surface area contributed by atoms with Gasteiger partial charge >= 0.3 is 0 Å². The molecule has 74 valence electrons. The summed E-state index contributed by atoms with van der Waals surface area (Å²) in [4.78, 5) is 0. The highest BCUT2D eigenvalue weighted by atomic mass is 32.2. The first-order chi connectivity index (χ1) is 6.36. The minimum absolute atomic E-state index is 0.763. The van der Waals surface area contributed by atoms with Gasteiger partial charge in [-0.1, -0.05) is 6.92 Å². The zero-order valence-corrected chi connectivity index (χ0v) is 9.01. The van der Waals surface area contributed by atoms with Gasteiger partial charge in [-0.15, -0.1) is 0 Å². The molecule has 0 spiro atoms. The van der Waals surface area contributed by atoms with Crippen LogP contribution in [0.25, 0.3) is 0 Å². The predicted octanol–water partition coefficient (Wildman–Crippen LogP) is 2.03. The Hall–Kier alpha value is -0.640. The van der Waals surface area contributed by atoms with Crippen LogP contribution >= 0.6 is 11.8 Å². The summed E-state index contributed by atoms with van der Waals surface area (Å²) in [5.41, 5.74) is 0. The van der Waals surface area contributed by atoms with Crippen LogP contribution in [0, 0.1) is 0 Å². The Bertz CT molecular complexity index is 237. The summed E-state index contributed by atoms with van der Waals surface area (Å²) in [6, 6.07) is 0. The molecule has 1 heterocycles. The highest BCUT2D eigenvalue weighted by molar-refractivity contribution is 7.98. The first-order valence-electron chi connectivity index (χ1n) is 4.51. The van der Waals surface area contributed by atoms with Crippen molar-refractivity contribution in [3.63, 3.8) is 0 Å². The third-order valence-corrected chi connectivity index (χ3v) is 2.19. The van der Waals surface area contributed by atoms with Gasteiger partial charge in [0.05, 0.1) is 19.0 Å². The van der Waals surface area contributed by atoms with E-state index in [0.717, 1.165) is 31.1 Å². The number of hydrogen-bond acceptors (Lipinski definition) is 3. The van der Waals surface area contributed by atoms with Crippen LogP contribution in [0.2, 0.25) is 0 Å². The van der Waals surface area contributed by atoms with Crippen LogP contribution in [0.3, 0.4) is 0 Å². The van der Waals surface area contributed by atoms with Gasteiger partial charge in [-0.3, -0.25) is 4.68 Å². The summed E-state index contributed by atoms with van der Waals surface area (Å²) >= 11 is 1.79. The maximum atomic E-state index is 5.47. The van der Waals surface area contributed by atoms with E-state index in [9.17, 15) is 0 Å². The van der Waals surface area contributed by atoms with Gasteiger partial charge in [0, 0.05) is 12.3 Å². The molecule has 0 atom stereocenters. The predicted molar refractivity (Wildman–Crippen MR) is 56.4 cm³/mol. The number of rotatable bonds is 6. The molecule has 0 aromatic carbocycles. The summed E-state index contributed by atoms with van der Waals surface area (Å²) in [5.74, 6) is 1.90. The third kappa shape index (κ3) is 3.72. The Morgan fingerprint density at radius 3 is 3.15 bits per heavy atom. The first-order valence-corrected chi connectivity index (χ1v) is 5.90. The minimum Gasteiger partial charge on any atom is -0.489 e. The number of ether oxygens (including phenoxy) is 1. The standard InChI is InChI=1S/C9H16N2OS/c1-3-4-11-8-9(7-10-11)12-5-6-13-2/h7-8H,3-6H2,1-2H3.